The zero-order valence-corrected chi connectivity index (χ0v) is 9.75. The normalized spacial score (nSPS) is 13.6. The molecule has 90 valence electrons. The van der Waals surface area contributed by atoms with Crippen molar-refractivity contribution < 1.29 is 9.18 Å². The van der Waals surface area contributed by atoms with E-state index in [1.54, 1.807) is 19.9 Å². The number of carbonyl (C=O) groups is 1. The molecule has 0 spiro atoms. The number of halogens is 1. The molecule has 0 aliphatic heterocycles. The van der Waals surface area contributed by atoms with E-state index >= 15 is 0 Å². The van der Waals surface area contributed by atoms with Crippen LogP contribution >= 0.6 is 0 Å². The van der Waals surface area contributed by atoms with Gasteiger partial charge in [-0.25, -0.2) is 4.39 Å². The maximum absolute atomic E-state index is 13.3. The van der Waals surface area contributed by atoms with Crippen molar-refractivity contribution in [3.8, 4) is 6.07 Å². The highest BCUT2D eigenvalue weighted by Crippen LogP contribution is 2.19. The maximum atomic E-state index is 13.3. The van der Waals surface area contributed by atoms with Gasteiger partial charge in [-0.2, -0.15) is 5.26 Å². The summed E-state index contributed by atoms with van der Waals surface area (Å²) in [5, 5.41) is 11.3. The minimum Gasteiger partial charge on any atom is -0.323 e. The molecule has 0 aromatic heterocycles. The SMILES string of the molecule is CCC(C)(N)C(=O)Nc1cccc(F)c1C#N. The molecule has 1 rings (SSSR count). The van der Waals surface area contributed by atoms with Crippen LogP contribution in [0, 0.1) is 17.1 Å². The molecule has 1 amide bonds. The van der Waals surface area contributed by atoms with E-state index in [1.165, 1.54) is 12.1 Å². The lowest BCUT2D eigenvalue weighted by molar-refractivity contribution is -0.120. The Morgan fingerprint density at radius 3 is 2.82 bits per heavy atom. The molecule has 0 saturated heterocycles. The van der Waals surface area contributed by atoms with Crippen LogP contribution in [-0.2, 0) is 4.79 Å². The van der Waals surface area contributed by atoms with Crippen molar-refractivity contribution in [2.45, 2.75) is 25.8 Å². The summed E-state index contributed by atoms with van der Waals surface area (Å²) in [5.41, 5.74) is 4.66. The Hall–Kier alpha value is -1.93. The average Bonchev–Trinajstić information content (AvgIpc) is 2.29. The molecule has 0 aliphatic carbocycles. The molecule has 0 heterocycles. The second-order valence-electron chi connectivity index (χ2n) is 4.00. The number of nitrogens with zero attached hydrogens (tertiary/aromatic N) is 1. The van der Waals surface area contributed by atoms with Gasteiger partial charge in [0.1, 0.15) is 17.4 Å². The Labute approximate surface area is 99.2 Å². The maximum Gasteiger partial charge on any atom is 0.244 e. The number of nitrogens with one attached hydrogen (secondary N) is 1. The zero-order chi connectivity index (χ0) is 13.1. The molecule has 17 heavy (non-hydrogen) atoms. The van der Waals surface area contributed by atoms with Crippen LogP contribution in [0.3, 0.4) is 0 Å². The summed E-state index contributed by atoms with van der Waals surface area (Å²) in [6, 6.07) is 5.76. The Morgan fingerprint density at radius 1 is 1.65 bits per heavy atom. The highest BCUT2D eigenvalue weighted by Gasteiger charge is 2.26. The smallest absolute Gasteiger partial charge is 0.244 e. The van der Waals surface area contributed by atoms with Gasteiger partial charge in [-0.3, -0.25) is 4.79 Å². The van der Waals surface area contributed by atoms with E-state index < -0.39 is 17.3 Å². The number of anilines is 1. The molecule has 1 unspecified atom stereocenters. The minimum absolute atomic E-state index is 0.141. The second-order valence-corrected chi connectivity index (χ2v) is 4.00. The predicted molar refractivity (Wildman–Crippen MR) is 62.6 cm³/mol. The molecule has 0 fully saturated rings. The first kappa shape index (κ1) is 13.1. The third-order valence-electron chi connectivity index (χ3n) is 2.63. The third-order valence-corrected chi connectivity index (χ3v) is 2.63. The molecule has 1 aromatic carbocycles. The lowest BCUT2D eigenvalue weighted by atomic mass is 9.99. The van der Waals surface area contributed by atoms with Crippen molar-refractivity contribution in [1.29, 1.82) is 5.26 Å². The fraction of sp³-hybridized carbons (Fsp3) is 0.333. The standard InChI is InChI=1S/C12H14FN3O/c1-3-12(2,15)11(17)16-10-6-4-5-9(13)8(10)7-14/h4-6H,3,15H2,1-2H3,(H,16,17). The molecule has 5 heteroatoms. The fourth-order valence-electron chi connectivity index (χ4n) is 1.17. The van der Waals surface area contributed by atoms with E-state index in [2.05, 4.69) is 5.32 Å². The van der Waals surface area contributed by atoms with E-state index in [4.69, 9.17) is 11.0 Å². The van der Waals surface area contributed by atoms with E-state index in [0.29, 0.717) is 6.42 Å². The topological polar surface area (TPSA) is 78.9 Å². The van der Waals surface area contributed by atoms with Gasteiger partial charge >= 0.3 is 0 Å². The summed E-state index contributed by atoms with van der Waals surface area (Å²) in [5.74, 6) is -1.11. The number of carbonyl (C=O) groups excluding carboxylic acids is 1. The lowest BCUT2D eigenvalue weighted by Gasteiger charge is -2.21. The third kappa shape index (κ3) is 2.80. The Morgan fingerprint density at radius 2 is 2.29 bits per heavy atom. The van der Waals surface area contributed by atoms with Gasteiger partial charge in [0.25, 0.3) is 0 Å². The van der Waals surface area contributed by atoms with Gasteiger partial charge in [-0.1, -0.05) is 13.0 Å². The first-order valence-corrected chi connectivity index (χ1v) is 5.21. The van der Waals surface area contributed by atoms with Crippen LogP contribution in [0.4, 0.5) is 10.1 Å². The summed E-state index contributed by atoms with van der Waals surface area (Å²) in [6.07, 6.45) is 0.441. The number of rotatable bonds is 3. The van der Waals surface area contributed by atoms with E-state index in [9.17, 15) is 9.18 Å². The summed E-state index contributed by atoms with van der Waals surface area (Å²) in [4.78, 5) is 11.8. The quantitative estimate of drug-likeness (QED) is 0.837. The number of hydrogen-bond donors (Lipinski definition) is 2. The molecule has 1 aromatic rings. The number of nitriles is 1. The molecule has 0 aliphatic rings. The Bertz CT molecular complexity index is 477. The van der Waals surface area contributed by atoms with Crippen LogP contribution in [0.1, 0.15) is 25.8 Å². The first-order valence-electron chi connectivity index (χ1n) is 5.21. The molecular weight excluding hydrogens is 221 g/mol. The minimum atomic E-state index is -1.04. The molecule has 0 bridgehead atoms. The molecule has 0 radical (unpaired) electrons. The summed E-state index contributed by atoms with van der Waals surface area (Å²) >= 11 is 0. The van der Waals surface area contributed by atoms with Gasteiger partial charge in [0, 0.05) is 0 Å². The monoisotopic (exact) mass is 235 g/mol. The Kier molecular flexibility index (Phi) is 3.81. The second kappa shape index (κ2) is 4.93. The van der Waals surface area contributed by atoms with Gasteiger partial charge in [-0.05, 0) is 25.5 Å². The van der Waals surface area contributed by atoms with Crippen molar-refractivity contribution in [3.05, 3.63) is 29.6 Å². The first-order chi connectivity index (χ1) is 7.92. The van der Waals surface area contributed by atoms with Crippen LogP contribution in [0.25, 0.3) is 0 Å². The molecule has 4 nitrogen and oxygen atoms in total. The predicted octanol–water partition coefficient (Wildman–Crippen LogP) is 1.76. The molecule has 1 atom stereocenters. The molecule has 3 N–H and O–H groups in total. The average molecular weight is 235 g/mol. The van der Waals surface area contributed by atoms with Gasteiger partial charge < -0.3 is 11.1 Å². The molecule has 0 saturated carbocycles. The van der Waals surface area contributed by atoms with Crippen LogP contribution < -0.4 is 11.1 Å². The van der Waals surface area contributed by atoms with Crippen LogP contribution in [0.5, 0.6) is 0 Å². The van der Waals surface area contributed by atoms with Crippen LogP contribution in [0.15, 0.2) is 18.2 Å². The number of amides is 1. The summed E-state index contributed by atoms with van der Waals surface area (Å²) in [7, 11) is 0. The van der Waals surface area contributed by atoms with Gasteiger partial charge in [-0.15, -0.1) is 0 Å². The van der Waals surface area contributed by atoms with Crippen LogP contribution in [-0.4, -0.2) is 11.4 Å². The summed E-state index contributed by atoms with van der Waals surface area (Å²) < 4.78 is 13.3. The van der Waals surface area contributed by atoms with Crippen molar-refractivity contribution in [2.75, 3.05) is 5.32 Å². The van der Waals surface area contributed by atoms with Crippen molar-refractivity contribution in [2.24, 2.45) is 5.73 Å². The fourth-order valence-corrected chi connectivity index (χ4v) is 1.17. The highest BCUT2D eigenvalue weighted by molar-refractivity contribution is 5.98. The Balaban J connectivity index is 3.02. The van der Waals surface area contributed by atoms with Crippen molar-refractivity contribution >= 4 is 11.6 Å². The largest absolute Gasteiger partial charge is 0.323 e. The van der Waals surface area contributed by atoms with E-state index in [0.717, 1.165) is 6.07 Å². The van der Waals surface area contributed by atoms with Gasteiger partial charge in [0.2, 0.25) is 5.91 Å². The number of benzene rings is 1. The summed E-state index contributed by atoms with van der Waals surface area (Å²) in [6.45, 7) is 3.35. The lowest BCUT2D eigenvalue weighted by Crippen LogP contribution is -2.47. The zero-order valence-electron chi connectivity index (χ0n) is 9.75. The van der Waals surface area contributed by atoms with Crippen molar-refractivity contribution in [3.63, 3.8) is 0 Å². The van der Waals surface area contributed by atoms with Crippen molar-refractivity contribution in [1.82, 2.24) is 0 Å². The number of nitrogens with two attached hydrogens (primary N) is 1. The van der Waals surface area contributed by atoms with E-state index in [1.807, 2.05) is 0 Å². The highest BCUT2D eigenvalue weighted by atomic mass is 19.1. The number of hydrogen-bond acceptors (Lipinski definition) is 3. The molecular formula is C12H14FN3O. The van der Waals surface area contributed by atoms with Crippen LogP contribution in [0.2, 0.25) is 0 Å². The van der Waals surface area contributed by atoms with E-state index in [-0.39, 0.29) is 11.3 Å². The van der Waals surface area contributed by atoms with Gasteiger partial charge in [0.15, 0.2) is 0 Å². The van der Waals surface area contributed by atoms with Gasteiger partial charge in [0.05, 0.1) is 11.2 Å².